The molecule has 0 bridgehead atoms. The van der Waals surface area contributed by atoms with Crippen molar-refractivity contribution in [3.05, 3.63) is 23.9 Å². The molecule has 0 saturated carbocycles. The van der Waals surface area contributed by atoms with Gasteiger partial charge in [0.25, 0.3) is 0 Å². The zero-order valence-electron chi connectivity index (χ0n) is 8.43. The number of carbonyl (C=O) groups is 1. The highest BCUT2D eigenvalue weighted by molar-refractivity contribution is 5.80. The van der Waals surface area contributed by atoms with Crippen LogP contribution in [0.2, 0.25) is 0 Å². The van der Waals surface area contributed by atoms with Crippen molar-refractivity contribution < 1.29 is 9.53 Å². The molecule has 3 N–H and O–H groups in total. The van der Waals surface area contributed by atoms with E-state index in [1.807, 2.05) is 6.07 Å². The van der Waals surface area contributed by atoms with Gasteiger partial charge in [0.15, 0.2) is 0 Å². The van der Waals surface area contributed by atoms with Gasteiger partial charge in [-0.3, -0.25) is 4.79 Å². The molecule has 0 unspecified atom stereocenters. The first-order valence-corrected chi connectivity index (χ1v) is 4.75. The number of nitrogens with two attached hydrogens (primary N) is 1. The van der Waals surface area contributed by atoms with E-state index in [0.717, 1.165) is 5.56 Å². The van der Waals surface area contributed by atoms with Crippen molar-refractivity contribution in [2.45, 2.75) is 18.5 Å². The molecule has 1 aliphatic rings. The summed E-state index contributed by atoms with van der Waals surface area (Å²) < 4.78 is 5.01. The largest absolute Gasteiger partial charge is 0.481 e. The number of hydrogen-bond donors (Lipinski definition) is 2. The predicted molar refractivity (Wildman–Crippen MR) is 54.3 cm³/mol. The van der Waals surface area contributed by atoms with Crippen molar-refractivity contribution in [1.29, 1.82) is 0 Å². The van der Waals surface area contributed by atoms with Crippen LogP contribution in [-0.2, 0) is 4.79 Å². The topological polar surface area (TPSA) is 77.2 Å². The van der Waals surface area contributed by atoms with Crippen LogP contribution in [0.4, 0.5) is 0 Å². The van der Waals surface area contributed by atoms with Crippen LogP contribution in [0.15, 0.2) is 18.3 Å². The molecule has 0 aliphatic carbocycles. The summed E-state index contributed by atoms with van der Waals surface area (Å²) in [4.78, 5) is 15.2. The van der Waals surface area contributed by atoms with E-state index in [4.69, 9.17) is 10.5 Å². The number of rotatable bonds is 2. The van der Waals surface area contributed by atoms with Crippen LogP contribution >= 0.6 is 0 Å². The molecular weight excluding hydrogens is 194 g/mol. The zero-order chi connectivity index (χ0) is 10.8. The first-order chi connectivity index (χ1) is 7.20. The van der Waals surface area contributed by atoms with Crippen LogP contribution in [0.25, 0.3) is 0 Å². The molecule has 1 aliphatic heterocycles. The number of nitrogens with one attached hydrogen (secondary N) is 1. The maximum Gasteiger partial charge on any atom is 0.222 e. The summed E-state index contributed by atoms with van der Waals surface area (Å²) in [7, 11) is 1.55. The number of ether oxygens (including phenoxy) is 1. The van der Waals surface area contributed by atoms with Gasteiger partial charge in [0.05, 0.1) is 13.2 Å². The van der Waals surface area contributed by atoms with Crippen LogP contribution in [0, 0.1) is 0 Å². The smallest absolute Gasteiger partial charge is 0.222 e. The van der Waals surface area contributed by atoms with Crippen LogP contribution in [0.1, 0.15) is 18.0 Å². The molecular formula is C10H13N3O2. The number of methoxy groups -OCH3 is 1. The monoisotopic (exact) mass is 207 g/mol. The molecule has 0 aromatic carbocycles. The number of aromatic nitrogens is 1. The number of hydrogen-bond acceptors (Lipinski definition) is 4. The average Bonchev–Trinajstić information content (AvgIpc) is 2.58. The van der Waals surface area contributed by atoms with E-state index >= 15 is 0 Å². The SMILES string of the molecule is COc1cc([C@H]2NC(=O)C[C@@H]2N)ccn1. The first-order valence-electron chi connectivity index (χ1n) is 4.75. The van der Waals surface area contributed by atoms with Gasteiger partial charge in [0, 0.05) is 24.7 Å². The van der Waals surface area contributed by atoms with Crippen molar-refractivity contribution >= 4 is 5.91 Å². The highest BCUT2D eigenvalue weighted by Gasteiger charge is 2.30. The van der Waals surface area contributed by atoms with Gasteiger partial charge in [-0.1, -0.05) is 0 Å². The van der Waals surface area contributed by atoms with E-state index in [-0.39, 0.29) is 18.0 Å². The highest BCUT2D eigenvalue weighted by Crippen LogP contribution is 2.24. The van der Waals surface area contributed by atoms with Gasteiger partial charge in [-0.2, -0.15) is 0 Å². The molecule has 5 heteroatoms. The lowest BCUT2D eigenvalue weighted by molar-refractivity contribution is -0.119. The Kier molecular flexibility index (Phi) is 2.55. The third-order valence-electron chi connectivity index (χ3n) is 2.49. The van der Waals surface area contributed by atoms with E-state index in [0.29, 0.717) is 12.3 Å². The fourth-order valence-electron chi connectivity index (χ4n) is 1.73. The predicted octanol–water partition coefficient (Wildman–Crippen LogP) is -0.0215. The minimum absolute atomic E-state index is 0.0109. The number of carbonyl (C=O) groups excluding carboxylic acids is 1. The first kappa shape index (κ1) is 9.92. The summed E-state index contributed by atoms with van der Waals surface area (Å²) in [6.45, 7) is 0. The normalized spacial score (nSPS) is 25.1. The van der Waals surface area contributed by atoms with Gasteiger partial charge in [-0.15, -0.1) is 0 Å². The standard InChI is InChI=1S/C10H13N3O2/c1-15-9-4-6(2-3-12-9)10-7(11)5-8(14)13-10/h2-4,7,10H,5,11H2,1H3,(H,13,14)/t7-,10+/m0/s1. The molecule has 2 heterocycles. The minimum atomic E-state index is -0.176. The molecule has 2 atom stereocenters. The fourth-order valence-corrected chi connectivity index (χ4v) is 1.73. The molecule has 0 spiro atoms. The molecule has 1 fully saturated rings. The Morgan fingerprint density at radius 1 is 1.67 bits per heavy atom. The Morgan fingerprint density at radius 3 is 3.07 bits per heavy atom. The molecule has 1 aromatic rings. The molecule has 0 radical (unpaired) electrons. The highest BCUT2D eigenvalue weighted by atomic mass is 16.5. The third-order valence-corrected chi connectivity index (χ3v) is 2.49. The van der Waals surface area contributed by atoms with Crippen LogP contribution < -0.4 is 15.8 Å². The number of nitrogens with zero attached hydrogens (tertiary/aromatic N) is 1. The summed E-state index contributed by atoms with van der Waals surface area (Å²) >= 11 is 0. The summed E-state index contributed by atoms with van der Waals surface area (Å²) in [6, 6.07) is 3.31. The maximum absolute atomic E-state index is 11.2. The molecule has 1 saturated heterocycles. The van der Waals surface area contributed by atoms with E-state index in [1.165, 1.54) is 0 Å². The van der Waals surface area contributed by atoms with Crippen LogP contribution in [-0.4, -0.2) is 24.0 Å². The number of amides is 1. The lowest BCUT2D eigenvalue weighted by Crippen LogP contribution is -2.28. The third kappa shape index (κ3) is 1.92. The molecule has 80 valence electrons. The van der Waals surface area contributed by atoms with Gasteiger partial charge < -0.3 is 15.8 Å². The number of pyridine rings is 1. The van der Waals surface area contributed by atoms with Gasteiger partial charge in [0.2, 0.25) is 11.8 Å². The quantitative estimate of drug-likeness (QED) is 0.714. The van der Waals surface area contributed by atoms with E-state index in [2.05, 4.69) is 10.3 Å². The van der Waals surface area contributed by atoms with Crippen LogP contribution in [0.3, 0.4) is 0 Å². The summed E-state index contributed by atoms with van der Waals surface area (Å²) in [5.74, 6) is 0.518. The molecule has 5 nitrogen and oxygen atoms in total. The van der Waals surface area contributed by atoms with Gasteiger partial charge >= 0.3 is 0 Å². The van der Waals surface area contributed by atoms with E-state index < -0.39 is 0 Å². The molecule has 1 amide bonds. The van der Waals surface area contributed by atoms with Gasteiger partial charge in [-0.25, -0.2) is 4.98 Å². The Labute approximate surface area is 87.6 Å². The second-order valence-corrected chi connectivity index (χ2v) is 3.54. The Balaban J connectivity index is 2.25. The van der Waals surface area contributed by atoms with Gasteiger partial charge in [0.1, 0.15) is 0 Å². The van der Waals surface area contributed by atoms with Crippen molar-refractivity contribution in [3.63, 3.8) is 0 Å². The fraction of sp³-hybridized carbons (Fsp3) is 0.400. The van der Waals surface area contributed by atoms with E-state index in [1.54, 1.807) is 19.4 Å². The Bertz CT molecular complexity index is 381. The van der Waals surface area contributed by atoms with Crippen molar-refractivity contribution in [2.75, 3.05) is 7.11 Å². The van der Waals surface area contributed by atoms with Crippen LogP contribution in [0.5, 0.6) is 5.88 Å². The Morgan fingerprint density at radius 2 is 2.47 bits per heavy atom. The second kappa shape index (κ2) is 3.86. The average molecular weight is 207 g/mol. The van der Waals surface area contributed by atoms with Crippen molar-refractivity contribution in [2.24, 2.45) is 5.73 Å². The zero-order valence-corrected chi connectivity index (χ0v) is 8.43. The Hall–Kier alpha value is -1.62. The molecule has 2 rings (SSSR count). The molecule has 15 heavy (non-hydrogen) atoms. The second-order valence-electron chi connectivity index (χ2n) is 3.54. The lowest BCUT2D eigenvalue weighted by atomic mass is 10.0. The summed E-state index contributed by atoms with van der Waals surface area (Å²) in [6.07, 6.45) is 2.01. The van der Waals surface area contributed by atoms with Gasteiger partial charge in [-0.05, 0) is 11.6 Å². The minimum Gasteiger partial charge on any atom is -0.481 e. The summed E-state index contributed by atoms with van der Waals surface area (Å²) in [5, 5.41) is 2.82. The molecule has 1 aromatic heterocycles. The summed E-state index contributed by atoms with van der Waals surface area (Å²) in [5.41, 5.74) is 6.78. The maximum atomic E-state index is 11.2. The lowest BCUT2D eigenvalue weighted by Gasteiger charge is -2.15. The van der Waals surface area contributed by atoms with Crippen molar-refractivity contribution in [3.8, 4) is 5.88 Å². The van der Waals surface area contributed by atoms with Crippen molar-refractivity contribution in [1.82, 2.24) is 10.3 Å². The van der Waals surface area contributed by atoms with E-state index in [9.17, 15) is 4.79 Å².